The molecule has 14 heavy (non-hydrogen) atoms. The average molecular weight is 191 g/mol. The van der Waals surface area contributed by atoms with Crippen molar-refractivity contribution in [1.82, 2.24) is 14.4 Å². The third-order valence-corrected chi connectivity index (χ3v) is 1.98. The Morgan fingerprint density at radius 3 is 3.07 bits per heavy atom. The van der Waals surface area contributed by atoms with Crippen LogP contribution in [0.1, 0.15) is 16.2 Å². The molecule has 0 amide bonds. The maximum absolute atomic E-state index is 11.4. The fourth-order valence-corrected chi connectivity index (χ4v) is 1.37. The van der Waals surface area contributed by atoms with Gasteiger partial charge in [-0.2, -0.15) is 0 Å². The molecule has 0 N–H and O–H groups in total. The van der Waals surface area contributed by atoms with Crippen LogP contribution in [0.5, 0.6) is 0 Å². The van der Waals surface area contributed by atoms with Gasteiger partial charge >= 0.3 is 5.97 Å². The summed E-state index contributed by atoms with van der Waals surface area (Å²) in [6, 6.07) is 0. The van der Waals surface area contributed by atoms with Crippen LogP contribution in [0, 0.1) is 6.92 Å². The van der Waals surface area contributed by atoms with E-state index in [0.717, 1.165) is 0 Å². The van der Waals surface area contributed by atoms with Gasteiger partial charge < -0.3 is 4.74 Å². The lowest BCUT2D eigenvalue weighted by molar-refractivity contribution is 0.0592. The summed E-state index contributed by atoms with van der Waals surface area (Å²) in [5, 5.41) is 0. The summed E-state index contributed by atoms with van der Waals surface area (Å²) in [5.41, 5.74) is 1.74. The van der Waals surface area contributed by atoms with Crippen LogP contribution >= 0.6 is 0 Å². The number of methoxy groups -OCH3 is 1. The summed E-state index contributed by atoms with van der Waals surface area (Å²) < 4.78 is 6.32. The lowest BCUT2D eigenvalue weighted by Gasteiger charge is -1.99. The highest BCUT2D eigenvalue weighted by Crippen LogP contribution is 2.11. The number of rotatable bonds is 1. The number of carbonyl (C=O) groups is 1. The van der Waals surface area contributed by atoms with Crippen molar-refractivity contribution in [2.75, 3.05) is 7.11 Å². The number of nitrogens with zero attached hydrogens (tertiary/aromatic N) is 3. The molecule has 0 unspecified atom stereocenters. The Kier molecular flexibility index (Phi) is 1.92. The van der Waals surface area contributed by atoms with Crippen molar-refractivity contribution in [3.63, 3.8) is 0 Å². The summed E-state index contributed by atoms with van der Waals surface area (Å²) in [6.45, 7) is 1.76. The van der Waals surface area contributed by atoms with E-state index in [1.807, 2.05) is 0 Å². The number of carbonyl (C=O) groups excluding carboxylic acids is 1. The van der Waals surface area contributed by atoms with E-state index in [2.05, 4.69) is 14.7 Å². The SMILES string of the molecule is COC(=O)c1c(C)nc2cnccn12. The number of fused-ring (bicyclic) bond motifs is 1. The molecular formula is C9H9N3O2. The van der Waals surface area contributed by atoms with Gasteiger partial charge in [-0.3, -0.25) is 9.38 Å². The van der Waals surface area contributed by atoms with Crippen molar-refractivity contribution in [2.24, 2.45) is 0 Å². The number of hydrogen-bond acceptors (Lipinski definition) is 4. The van der Waals surface area contributed by atoms with Gasteiger partial charge in [0.1, 0.15) is 0 Å². The first-order valence-corrected chi connectivity index (χ1v) is 4.11. The van der Waals surface area contributed by atoms with E-state index in [1.54, 1.807) is 29.9 Å². The first kappa shape index (κ1) is 8.68. The van der Waals surface area contributed by atoms with Gasteiger partial charge in [0, 0.05) is 12.4 Å². The third kappa shape index (κ3) is 1.14. The molecular weight excluding hydrogens is 182 g/mol. The van der Waals surface area contributed by atoms with E-state index in [9.17, 15) is 4.79 Å². The van der Waals surface area contributed by atoms with Crippen LogP contribution in [0.15, 0.2) is 18.6 Å². The number of aromatic nitrogens is 3. The minimum Gasteiger partial charge on any atom is -0.464 e. The number of imidazole rings is 1. The van der Waals surface area contributed by atoms with Crippen LogP contribution in [-0.4, -0.2) is 27.4 Å². The monoisotopic (exact) mass is 191 g/mol. The van der Waals surface area contributed by atoms with Gasteiger partial charge in [-0.1, -0.05) is 0 Å². The van der Waals surface area contributed by atoms with Crippen LogP contribution in [0.2, 0.25) is 0 Å². The van der Waals surface area contributed by atoms with E-state index in [4.69, 9.17) is 0 Å². The zero-order valence-corrected chi connectivity index (χ0v) is 7.89. The number of aryl methyl sites for hydroxylation is 1. The van der Waals surface area contributed by atoms with Crippen molar-refractivity contribution in [1.29, 1.82) is 0 Å². The fraction of sp³-hybridized carbons (Fsp3) is 0.222. The maximum Gasteiger partial charge on any atom is 0.356 e. The second kappa shape index (κ2) is 3.10. The molecule has 0 atom stereocenters. The molecule has 0 saturated heterocycles. The molecule has 5 nitrogen and oxygen atoms in total. The standard InChI is InChI=1S/C9H9N3O2/c1-6-8(9(13)14-2)12-4-3-10-5-7(12)11-6/h3-5H,1-2H3. The van der Waals surface area contributed by atoms with Gasteiger partial charge in [0.25, 0.3) is 0 Å². The molecule has 0 aromatic carbocycles. The Balaban J connectivity index is 2.74. The summed E-state index contributed by atoms with van der Waals surface area (Å²) in [5.74, 6) is -0.388. The smallest absolute Gasteiger partial charge is 0.356 e. The summed E-state index contributed by atoms with van der Waals surface area (Å²) >= 11 is 0. The van der Waals surface area contributed by atoms with Crippen LogP contribution in [-0.2, 0) is 4.74 Å². The van der Waals surface area contributed by atoms with Crippen molar-refractivity contribution < 1.29 is 9.53 Å². The van der Waals surface area contributed by atoms with Crippen molar-refractivity contribution in [3.05, 3.63) is 30.0 Å². The summed E-state index contributed by atoms with van der Waals surface area (Å²) in [7, 11) is 1.35. The van der Waals surface area contributed by atoms with E-state index in [0.29, 0.717) is 17.0 Å². The molecule has 0 aliphatic rings. The highest BCUT2D eigenvalue weighted by molar-refractivity contribution is 5.89. The average Bonchev–Trinajstić information content (AvgIpc) is 2.53. The van der Waals surface area contributed by atoms with Crippen molar-refractivity contribution >= 4 is 11.6 Å². The van der Waals surface area contributed by atoms with Gasteiger partial charge in [-0.15, -0.1) is 0 Å². The predicted octanol–water partition coefficient (Wildman–Crippen LogP) is 0.824. The Bertz CT molecular complexity index is 490. The number of hydrogen-bond donors (Lipinski definition) is 0. The van der Waals surface area contributed by atoms with Gasteiger partial charge in [0.15, 0.2) is 11.3 Å². The first-order chi connectivity index (χ1) is 6.74. The molecule has 0 aliphatic carbocycles. The molecule has 5 heteroatoms. The molecule has 0 spiro atoms. The van der Waals surface area contributed by atoms with Gasteiger partial charge in [0.05, 0.1) is 19.0 Å². The molecule has 2 aromatic rings. The Morgan fingerprint density at radius 2 is 2.36 bits per heavy atom. The minimum absolute atomic E-state index is 0.388. The Labute approximate surface area is 80.4 Å². The van der Waals surface area contributed by atoms with Crippen LogP contribution < -0.4 is 0 Å². The lowest BCUT2D eigenvalue weighted by atomic mass is 10.3. The highest BCUT2D eigenvalue weighted by atomic mass is 16.5. The number of esters is 1. The molecule has 2 rings (SSSR count). The fourth-order valence-electron chi connectivity index (χ4n) is 1.37. The van der Waals surface area contributed by atoms with E-state index >= 15 is 0 Å². The first-order valence-electron chi connectivity index (χ1n) is 4.11. The van der Waals surface area contributed by atoms with Crippen molar-refractivity contribution in [2.45, 2.75) is 6.92 Å². The minimum atomic E-state index is -0.388. The zero-order valence-electron chi connectivity index (χ0n) is 7.89. The molecule has 2 heterocycles. The molecule has 0 radical (unpaired) electrons. The van der Waals surface area contributed by atoms with Crippen LogP contribution in [0.3, 0.4) is 0 Å². The van der Waals surface area contributed by atoms with E-state index in [1.165, 1.54) is 7.11 Å². The van der Waals surface area contributed by atoms with Crippen molar-refractivity contribution in [3.8, 4) is 0 Å². The second-order valence-electron chi connectivity index (χ2n) is 2.84. The molecule has 0 fully saturated rings. The third-order valence-electron chi connectivity index (χ3n) is 1.98. The summed E-state index contributed by atoms with van der Waals surface area (Å²) in [6.07, 6.45) is 4.88. The van der Waals surface area contributed by atoms with Crippen LogP contribution in [0.4, 0.5) is 0 Å². The lowest BCUT2D eigenvalue weighted by Crippen LogP contribution is -2.06. The second-order valence-corrected chi connectivity index (χ2v) is 2.84. The predicted molar refractivity (Wildman–Crippen MR) is 49.1 cm³/mol. The molecule has 2 aromatic heterocycles. The Morgan fingerprint density at radius 1 is 1.57 bits per heavy atom. The maximum atomic E-state index is 11.4. The molecule has 72 valence electrons. The molecule has 0 bridgehead atoms. The topological polar surface area (TPSA) is 56.5 Å². The highest BCUT2D eigenvalue weighted by Gasteiger charge is 2.16. The van der Waals surface area contributed by atoms with Gasteiger partial charge in [-0.25, -0.2) is 9.78 Å². The van der Waals surface area contributed by atoms with Gasteiger partial charge in [-0.05, 0) is 6.92 Å². The van der Waals surface area contributed by atoms with Gasteiger partial charge in [0.2, 0.25) is 0 Å². The van der Waals surface area contributed by atoms with E-state index < -0.39 is 0 Å². The molecule has 0 saturated carbocycles. The Hall–Kier alpha value is -1.91. The zero-order chi connectivity index (χ0) is 10.1. The van der Waals surface area contributed by atoms with E-state index in [-0.39, 0.29) is 5.97 Å². The largest absolute Gasteiger partial charge is 0.464 e. The summed E-state index contributed by atoms with van der Waals surface area (Å²) in [4.78, 5) is 19.5. The quantitative estimate of drug-likeness (QED) is 0.626. The molecule has 0 aliphatic heterocycles. The normalized spacial score (nSPS) is 10.4. The van der Waals surface area contributed by atoms with Crippen LogP contribution in [0.25, 0.3) is 5.65 Å². The number of ether oxygens (including phenoxy) is 1.